The summed E-state index contributed by atoms with van der Waals surface area (Å²) < 4.78 is 16.4. The second kappa shape index (κ2) is 11.6. The number of methoxy groups -OCH3 is 2. The van der Waals surface area contributed by atoms with Crippen molar-refractivity contribution in [3.05, 3.63) is 71.8 Å². The van der Waals surface area contributed by atoms with Crippen LogP contribution in [-0.2, 0) is 24.5 Å². The highest BCUT2D eigenvalue weighted by atomic mass is 16.5. The van der Waals surface area contributed by atoms with Crippen molar-refractivity contribution in [3.63, 3.8) is 0 Å². The summed E-state index contributed by atoms with van der Waals surface area (Å²) in [5.41, 5.74) is 0.0450. The lowest BCUT2D eigenvalue weighted by Crippen LogP contribution is -2.55. The molecule has 2 aromatic rings. The zero-order chi connectivity index (χ0) is 29.1. The van der Waals surface area contributed by atoms with Crippen molar-refractivity contribution < 1.29 is 28.6 Å². The van der Waals surface area contributed by atoms with Crippen molar-refractivity contribution in [1.29, 1.82) is 0 Å². The zero-order valence-electron chi connectivity index (χ0n) is 24.2. The van der Waals surface area contributed by atoms with E-state index in [2.05, 4.69) is 32.3 Å². The quantitative estimate of drug-likeness (QED) is 0.319. The molecular formula is C31H40N2O6. The van der Waals surface area contributed by atoms with Gasteiger partial charge in [0, 0.05) is 11.8 Å². The Hall–Kier alpha value is -3.68. The first-order valence-electron chi connectivity index (χ1n) is 13.2. The average molecular weight is 537 g/mol. The van der Waals surface area contributed by atoms with Gasteiger partial charge in [0.2, 0.25) is 0 Å². The van der Waals surface area contributed by atoms with Crippen molar-refractivity contribution >= 4 is 17.8 Å². The molecule has 0 spiro atoms. The monoisotopic (exact) mass is 536 g/mol. The van der Waals surface area contributed by atoms with E-state index >= 15 is 0 Å². The highest BCUT2D eigenvalue weighted by Crippen LogP contribution is 2.51. The van der Waals surface area contributed by atoms with Gasteiger partial charge in [-0.05, 0) is 60.9 Å². The third-order valence-corrected chi connectivity index (χ3v) is 7.04. The third-order valence-electron chi connectivity index (χ3n) is 7.04. The first-order chi connectivity index (χ1) is 18.3. The molecule has 0 bridgehead atoms. The number of nitrogens with zero attached hydrogens (tertiary/aromatic N) is 2. The van der Waals surface area contributed by atoms with Gasteiger partial charge in [-0.25, -0.2) is 4.79 Å². The van der Waals surface area contributed by atoms with E-state index in [1.807, 2.05) is 19.9 Å². The normalized spacial score (nSPS) is 21.0. The van der Waals surface area contributed by atoms with Gasteiger partial charge in [-0.2, -0.15) is 0 Å². The predicted molar refractivity (Wildman–Crippen MR) is 148 cm³/mol. The van der Waals surface area contributed by atoms with Crippen molar-refractivity contribution in [2.24, 2.45) is 11.8 Å². The Morgan fingerprint density at radius 3 is 2.36 bits per heavy atom. The van der Waals surface area contributed by atoms with Gasteiger partial charge in [-0.1, -0.05) is 53.3 Å². The lowest BCUT2D eigenvalue weighted by Gasteiger charge is -2.40. The van der Waals surface area contributed by atoms with E-state index < -0.39 is 35.3 Å². The second-order valence-corrected chi connectivity index (χ2v) is 11.6. The van der Waals surface area contributed by atoms with Crippen LogP contribution in [0.1, 0.15) is 82.0 Å². The summed E-state index contributed by atoms with van der Waals surface area (Å²) in [6.45, 7) is 15.4. The topological polar surface area (TPSA) is 95.0 Å². The molecule has 1 aromatic carbocycles. The molecule has 210 valence electrons. The summed E-state index contributed by atoms with van der Waals surface area (Å²) in [5.74, 6) is -1.71. The standard InChI is InChI=1S/C31H40N2O6/c1-19(2)17-31(29(36)39-20(3)4)18-22(28(35)38-9)26(24-12-10-11-15-32-24)33(31)27(34)21-13-14-23(30(5,6)7)25(16-21)37-8/h10-16,19,22,26H,3,17-18H2,1-2,4-9H3/t22-,26-,31+/m1/s1. The molecular weight excluding hydrogens is 496 g/mol. The van der Waals surface area contributed by atoms with Gasteiger partial charge in [0.05, 0.1) is 37.6 Å². The number of esters is 2. The molecule has 0 radical (unpaired) electrons. The number of carbonyl (C=O) groups excluding carboxylic acids is 3. The molecule has 3 rings (SSSR count). The van der Waals surface area contributed by atoms with Crippen LogP contribution in [0.2, 0.25) is 0 Å². The molecule has 8 heteroatoms. The number of aromatic nitrogens is 1. The van der Waals surface area contributed by atoms with Crippen molar-refractivity contribution in [2.75, 3.05) is 14.2 Å². The van der Waals surface area contributed by atoms with Gasteiger partial charge < -0.3 is 19.1 Å². The molecule has 8 nitrogen and oxygen atoms in total. The number of allylic oxidation sites excluding steroid dienone is 1. The number of hydrogen-bond donors (Lipinski definition) is 0. The number of benzene rings is 1. The Bertz CT molecular complexity index is 1230. The van der Waals surface area contributed by atoms with Gasteiger partial charge in [-0.15, -0.1) is 0 Å². The maximum Gasteiger partial charge on any atom is 0.337 e. The number of pyridine rings is 1. The van der Waals surface area contributed by atoms with E-state index in [4.69, 9.17) is 14.2 Å². The molecule has 0 saturated carbocycles. The van der Waals surface area contributed by atoms with Crippen LogP contribution in [0.5, 0.6) is 5.75 Å². The van der Waals surface area contributed by atoms with Gasteiger partial charge in [0.25, 0.3) is 5.91 Å². The highest BCUT2D eigenvalue weighted by Gasteiger charge is 2.62. The maximum absolute atomic E-state index is 14.6. The van der Waals surface area contributed by atoms with Crippen LogP contribution in [0.4, 0.5) is 0 Å². The molecule has 0 N–H and O–H groups in total. The van der Waals surface area contributed by atoms with Crippen molar-refractivity contribution in [3.8, 4) is 5.75 Å². The lowest BCUT2D eigenvalue weighted by atomic mass is 9.83. The van der Waals surface area contributed by atoms with Crippen LogP contribution in [0.3, 0.4) is 0 Å². The molecule has 1 fully saturated rings. The molecule has 2 heterocycles. The summed E-state index contributed by atoms with van der Waals surface area (Å²) in [7, 11) is 2.86. The number of carbonyl (C=O) groups is 3. The van der Waals surface area contributed by atoms with Crippen LogP contribution in [0.25, 0.3) is 0 Å². The molecule has 39 heavy (non-hydrogen) atoms. The second-order valence-electron chi connectivity index (χ2n) is 11.6. The average Bonchev–Trinajstić information content (AvgIpc) is 3.22. The molecule has 0 aliphatic carbocycles. The van der Waals surface area contributed by atoms with Gasteiger partial charge in [0.15, 0.2) is 0 Å². The van der Waals surface area contributed by atoms with Gasteiger partial charge in [0.1, 0.15) is 11.3 Å². The molecule has 1 aliphatic heterocycles. The molecule has 1 saturated heterocycles. The Morgan fingerprint density at radius 1 is 1.15 bits per heavy atom. The van der Waals surface area contributed by atoms with Crippen molar-refractivity contribution in [1.82, 2.24) is 9.88 Å². The smallest absolute Gasteiger partial charge is 0.337 e. The molecule has 1 aliphatic rings. The van der Waals surface area contributed by atoms with Crippen LogP contribution in [0, 0.1) is 11.8 Å². The number of amides is 1. The lowest BCUT2D eigenvalue weighted by molar-refractivity contribution is -0.152. The predicted octanol–water partition coefficient (Wildman–Crippen LogP) is 5.63. The Labute approximate surface area is 231 Å². The summed E-state index contributed by atoms with van der Waals surface area (Å²) in [4.78, 5) is 47.7. The van der Waals surface area contributed by atoms with E-state index in [1.165, 1.54) is 12.0 Å². The van der Waals surface area contributed by atoms with Crippen molar-refractivity contribution in [2.45, 2.75) is 71.4 Å². The van der Waals surface area contributed by atoms with Crippen LogP contribution >= 0.6 is 0 Å². The Balaban J connectivity index is 2.32. The van der Waals surface area contributed by atoms with Gasteiger partial charge in [-0.3, -0.25) is 14.6 Å². The fraction of sp³-hybridized carbons (Fsp3) is 0.484. The SMILES string of the molecule is C=C(C)OC(=O)[C@]1(CC(C)C)C[C@@H](C(=O)OC)[C@H](c2ccccn2)N1C(=O)c1ccc(C(C)(C)C)c(OC)c1. The third kappa shape index (κ3) is 6.00. The minimum absolute atomic E-state index is 0.0171. The van der Waals surface area contributed by atoms with E-state index in [1.54, 1.807) is 50.6 Å². The number of ether oxygens (including phenoxy) is 3. The van der Waals surface area contributed by atoms with E-state index in [-0.39, 0.29) is 29.9 Å². The molecule has 3 atom stereocenters. The van der Waals surface area contributed by atoms with E-state index in [0.717, 1.165) is 5.56 Å². The Kier molecular flexibility index (Phi) is 8.88. The van der Waals surface area contributed by atoms with Crippen LogP contribution < -0.4 is 4.74 Å². The number of rotatable bonds is 8. The first-order valence-corrected chi connectivity index (χ1v) is 13.2. The minimum Gasteiger partial charge on any atom is -0.496 e. The maximum atomic E-state index is 14.6. The van der Waals surface area contributed by atoms with Gasteiger partial charge >= 0.3 is 11.9 Å². The molecule has 0 unspecified atom stereocenters. The molecule has 1 amide bonds. The number of hydrogen-bond acceptors (Lipinski definition) is 7. The largest absolute Gasteiger partial charge is 0.496 e. The minimum atomic E-state index is -1.47. The molecule has 1 aromatic heterocycles. The summed E-state index contributed by atoms with van der Waals surface area (Å²) in [5, 5.41) is 0. The summed E-state index contributed by atoms with van der Waals surface area (Å²) in [6, 6.07) is 9.71. The first kappa shape index (κ1) is 29.9. The number of likely N-dealkylation sites (tertiary alicyclic amines) is 1. The fourth-order valence-corrected chi connectivity index (χ4v) is 5.55. The summed E-state index contributed by atoms with van der Waals surface area (Å²) in [6.07, 6.45) is 1.88. The highest BCUT2D eigenvalue weighted by molar-refractivity contribution is 6.00. The van der Waals surface area contributed by atoms with E-state index in [9.17, 15) is 14.4 Å². The zero-order valence-corrected chi connectivity index (χ0v) is 24.2. The van der Waals surface area contributed by atoms with E-state index in [0.29, 0.717) is 17.0 Å². The van der Waals surface area contributed by atoms with Crippen LogP contribution in [-0.4, -0.2) is 47.5 Å². The van der Waals surface area contributed by atoms with Crippen LogP contribution in [0.15, 0.2) is 54.9 Å². The fourth-order valence-electron chi connectivity index (χ4n) is 5.55. The summed E-state index contributed by atoms with van der Waals surface area (Å²) >= 11 is 0. The Morgan fingerprint density at radius 2 is 1.85 bits per heavy atom.